The molecule has 3 atom stereocenters. The minimum absolute atomic E-state index is 0. The average Bonchev–Trinajstić information content (AvgIpc) is 3.22. The number of nitrogens with zero attached hydrogens (tertiary/aromatic N) is 2. The molecule has 0 aromatic carbocycles. The second kappa shape index (κ2) is 8.68. The first-order chi connectivity index (χ1) is 10.3. The van der Waals surface area contributed by atoms with Gasteiger partial charge in [-0.05, 0) is 39.2 Å². The van der Waals surface area contributed by atoms with Crippen LogP contribution < -0.4 is 10.6 Å². The summed E-state index contributed by atoms with van der Waals surface area (Å²) in [5, 5.41) is 6.99. The van der Waals surface area contributed by atoms with Crippen molar-refractivity contribution in [3.63, 3.8) is 0 Å². The number of hydrogen-bond donors (Lipinski definition) is 2. The van der Waals surface area contributed by atoms with E-state index >= 15 is 0 Å². The molecule has 1 aliphatic carbocycles. The van der Waals surface area contributed by atoms with E-state index in [0.29, 0.717) is 18.2 Å². The highest BCUT2D eigenvalue weighted by Crippen LogP contribution is 2.34. The molecule has 0 aromatic heterocycles. The van der Waals surface area contributed by atoms with E-state index in [0.717, 1.165) is 31.5 Å². The maximum absolute atomic E-state index is 5.89. The van der Waals surface area contributed by atoms with Gasteiger partial charge >= 0.3 is 0 Å². The highest BCUT2D eigenvalue weighted by Gasteiger charge is 2.41. The molecular weight excluding hydrogens is 391 g/mol. The molecule has 2 N–H and O–H groups in total. The largest absolute Gasteiger partial charge is 0.373 e. The molecule has 0 amide bonds. The highest BCUT2D eigenvalue weighted by molar-refractivity contribution is 14.0. The van der Waals surface area contributed by atoms with Crippen molar-refractivity contribution >= 4 is 29.9 Å². The second-order valence-electron chi connectivity index (χ2n) is 6.78. The summed E-state index contributed by atoms with van der Waals surface area (Å²) in [7, 11) is 4.10. The van der Waals surface area contributed by atoms with Crippen LogP contribution in [0.1, 0.15) is 44.9 Å². The lowest BCUT2D eigenvalue weighted by Crippen LogP contribution is -2.49. The molecule has 2 aliphatic heterocycles. The minimum atomic E-state index is 0. The Bertz CT molecular complexity index is 373. The molecule has 3 aliphatic rings. The van der Waals surface area contributed by atoms with Gasteiger partial charge in [-0.15, -0.1) is 24.0 Å². The third-order valence-electron chi connectivity index (χ3n) is 5.36. The quantitative estimate of drug-likeness (QED) is 0.404. The maximum atomic E-state index is 5.89. The lowest BCUT2D eigenvalue weighted by atomic mass is 9.96. The third-order valence-corrected chi connectivity index (χ3v) is 5.36. The van der Waals surface area contributed by atoms with Crippen LogP contribution in [-0.4, -0.2) is 62.3 Å². The molecule has 3 rings (SSSR count). The molecule has 0 spiro atoms. The van der Waals surface area contributed by atoms with Gasteiger partial charge in [0, 0.05) is 26.2 Å². The first-order valence-corrected chi connectivity index (χ1v) is 8.59. The number of hydrogen-bond acceptors (Lipinski definition) is 3. The van der Waals surface area contributed by atoms with E-state index in [1.165, 1.54) is 38.5 Å². The number of nitrogens with one attached hydrogen (secondary N) is 2. The van der Waals surface area contributed by atoms with Crippen molar-refractivity contribution in [2.75, 3.05) is 27.2 Å². The first-order valence-electron chi connectivity index (χ1n) is 8.59. The van der Waals surface area contributed by atoms with E-state index < -0.39 is 0 Å². The molecule has 2 saturated heterocycles. The maximum Gasteiger partial charge on any atom is 0.191 e. The molecule has 6 heteroatoms. The number of rotatable bonds is 5. The summed E-state index contributed by atoms with van der Waals surface area (Å²) in [6.07, 6.45) is 9.98. The molecule has 1 saturated carbocycles. The number of aliphatic imine (C=N–C) groups is 1. The van der Waals surface area contributed by atoms with Gasteiger partial charge in [-0.25, -0.2) is 0 Å². The van der Waals surface area contributed by atoms with Gasteiger partial charge in [0.1, 0.15) is 0 Å². The van der Waals surface area contributed by atoms with Gasteiger partial charge in [-0.3, -0.25) is 4.99 Å². The van der Waals surface area contributed by atoms with Crippen LogP contribution in [0.15, 0.2) is 4.99 Å². The zero-order chi connectivity index (χ0) is 14.7. The Kier molecular flexibility index (Phi) is 7.21. The van der Waals surface area contributed by atoms with Gasteiger partial charge in [0.25, 0.3) is 0 Å². The van der Waals surface area contributed by atoms with Crippen LogP contribution in [0.2, 0.25) is 0 Å². The van der Waals surface area contributed by atoms with Crippen LogP contribution in [0.4, 0.5) is 0 Å². The summed E-state index contributed by atoms with van der Waals surface area (Å²) in [5.41, 5.74) is 0. The van der Waals surface area contributed by atoms with Crippen molar-refractivity contribution < 1.29 is 4.74 Å². The zero-order valence-corrected chi connectivity index (χ0v) is 16.2. The Morgan fingerprint density at radius 2 is 2.00 bits per heavy atom. The Hall–Kier alpha value is -0.0800. The highest BCUT2D eigenvalue weighted by atomic mass is 127. The summed E-state index contributed by atoms with van der Waals surface area (Å²) >= 11 is 0. The molecule has 2 heterocycles. The summed E-state index contributed by atoms with van der Waals surface area (Å²) in [6, 6.07) is 1.24. The lowest BCUT2D eigenvalue weighted by Gasteiger charge is -2.26. The molecule has 3 unspecified atom stereocenters. The lowest BCUT2D eigenvalue weighted by molar-refractivity contribution is 0.0992. The van der Waals surface area contributed by atoms with Gasteiger partial charge in [0.15, 0.2) is 5.96 Å². The Balaban J connectivity index is 0.00000176. The summed E-state index contributed by atoms with van der Waals surface area (Å²) in [4.78, 5) is 6.84. The van der Waals surface area contributed by atoms with Gasteiger partial charge < -0.3 is 20.3 Å². The molecule has 5 nitrogen and oxygen atoms in total. The topological polar surface area (TPSA) is 48.9 Å². The molecule has 22 heavy (non-hydrogen) atoms. The van der Waals surface area contributed by atoms with E-state index in [4.69, 9.17) is 4.74 Å². The standard InChI is InChI=1S/C16H30N4O.HI/c1-17-16(19-14-11-13-7-8-15(14)21-13)18-9-10-20(2)12-5-3-4-6-12;/h12-15H,3-11H2,1-2H3,(H2,17,18,19);1H. The normalized spacial score (nSPS) is 31.6. The summed E-state index contributed by atoms with van der Waals surface area (Å²) in [5.74, 6) is 0.927. The number of ether oxygens (including phenoxy) is 1. The number of guanidine groups is 1. The van der Waals surface area contributed by atoms with E-state index in [9.17, 15) is 0 Å². The monoisotopic (exact) mass is 422 g/mol. The van der Waals surface area contributed by atoms with Gasteiger partial charge in [-0.1, -0.05) is 12.8 Å². The van der Waals surface area contributed by atoms with Crippen molar-refractivity contribution in [1.82, 2.24) is 15.5 Å². The zero-order valence-electron chi connectivity index (χ0n) is 13.9. The third kappa shape index (κ3) is 4.47. The Morgan fingerprint density at radius 3 is 2.59 bits per heavy atom. The van der Waals surface area contributed by atoms with Gasteiger partial charge in [0.05, 0.1) is 18.2 Å². The number of likely N-dealkylation sites (N-methyl/N-ethyl adjacent to an activating group) is 1. The van der Waals surface area contributed by atoms with Crippen molar-refractivity contribution in [3.8, 4) is 0 Å². The van der Waals surface area contributed by atoms with E-state index in [2.05, 4.69) is 27.6 Å². The molecule has 2 bridgehead atoms. The molecule has 0 aromatic rings. The van der Waals surface area contributed by atoms with Crippen molar-refractivity contribution in [3.05, 3.63) is 0 Å². The van der Waals surface area contributed by atoms with Gasteiger partial charge in [-0.2, -0.15) is 0 Å². The van der Waals surface area contributed by atoms with E-state index in [1.807, 2.05) is 7.05 Å². The van der Waals surface area contributed by atoms with Crippen LogP contribution >= 0.6 is 24.0 Å². The van der Waals surface area contributed by atoms with E-state index in [1.54, 1.807) is 0 Å². The molecule has 0 radical (unpaired) electrons. The van der Waals surface area contributed by atoms with Crippen LogP contribution in [0.5, 0.6) is 0 Å². The SMILES string of the molecule is CN=C(NCCN(C)C1CCCC1)NC1CC2CCC1O2.I. The predicted molar refractivity (Wildman–Crippen MR) is 101 cm³/mol. The van der Waals surface area contributed by atoms with Crippen LogP contribution in [0.25, 0.3) is 0 Å². The smallest absolute Gasteiger partial charge is 0.191 e. The number of halogens is 1. The minimum Gasteiger partial charge on any atom is -0.373 e. The number of fused-ring (bicyclic) bond motifs is 2. The van der Waals surface area contributed by atoms with E-state index in [-0.39, 0.29) is 24.0 Å². The first kappa shape index (κ1) is 18.3. The second-order valence-corrected chi connectivity index (χ2v) is 6.78. The predicted octanol–water partition coefficient (Wildman–Crippen LogP) is 1.96. The Morgan fingerprint density at radius 1 is 1.23 bits per heavy atom. The van der Waals surface area contributed by atoms with Crippen LogP contribution in [0, 0.1) is 0 Å². The average molecular weight is 422 g/mol. The fourth-order valence-electron chi connectivity index (χ4n) is 4.04. The van der Waals surface area contributed by atoms with Crippen LogP contribution in [-0.2, 0) is 4.74 Å². The van der Waals surface area contributed by atoms with Crippen molar-refractivity contribution in [2.45, 2.75) is 69.2 Å². The Labute approximate surface area is 151 Å². The molecule has 3 fully saturated rings. The summed E-state index contributed by atoms with van der Waals surface area (Å²) < 4.78 is 5.89. The van der Waals surface area contributed by atoms with Crippen molar-refractivity contribution in [1.29, 1.82) is 0 Å². The van der Waals surface area contributed by atoms with Crippen molar-refractivity contribution in [2.24, 2.45) is 4.99 Å². The fraction of sp³-hybridized carbons (Fsp3) is 0.938. The molecular formula is C16H31IN4O. The van der Waals surface area contributed by atoms with Gasteiger partial charge in [0.2, 0.25) is 0 Å². The summed E-state index contributed by atoms with van der Waals surface area (Å²) in [6.45, 7) is 2.03. The fourth-order valence-corrected chi connectivity index (χ4v) is 4.04. The molecule has 128 valence electrons. The van der Waals surface area contributed by atoms with Crippen LogP contribution in [0.3, 0.4) is 0 Å².